The first-order chi connectivity index (χ1) is 3.93. The van der Waals surface area contributed by atoms with E-state index < -0.39 is 0 Å². The Hall–Kier alpha value is -0.610. The molecule has 0 aromatic carbocycles. The van der Waals surface area contributed by atoms with Gasteiger partial charge in [0.05, 0.1) is 0 Å². The fourth-order valence-electron chi connectivity index (χ4n) is 0.630. The average molecular weight is 116 g/mol. The summed E-state index contributed by atoms with van der Waals surface area (Å²) in [6.07, 6.45) is -0.257. The third-order valence-corrected chi connectivity index (χ3v) is 0.976. The van der Waals surface area contributed by atoms with Gasteiger partial charge < -0.3 is 4.74 Å². The second-order valence-corrected chi connectivity index (χ2v) is 1.52. The molecule has 0 amide bonds. The molecule has 4 nitrogen and oxygen atoms in total. The lowest BCUT2D eigenvalue weighted by Gasteiger charge is -2.05. The Bertz CT molecular complexity index is 80.1. The molecular formula is C4H8N2O2. The maximum atomic E-state index is 9.66. The van der Waals surface area contributed by atoms with Gasteiger partial charge in [0.1, 0.15) is 0 Å². The minimum Gasteiger partial charge on any atom is -0.435 e. The lowest BCUT2D eigenvalue weighted by atomic mass is 10.7. The first-order valence-electron chi connectivity index (χ1n) is 2.49. The van der Waals surface area contributed by atoms with E-state index in [1.165, 1.54) is 0 Å². The average Bonchev–Trinajstić information content (AvgIpc) is 2.19. The molecule has 1 aliphatic rings. The summed E-state index contributed by atoms with van der Waals surface area (Å²) in [6, 6.07) is 0. The molecular weight excluding hydrogens is 108 g/mol. The number of nitrogens with one attached hydrogen (secondary N) is 2. The molecule has 0 aromatic heterocycles. The van der Waals surface area contributed by atoms with E-state index in [2.05, 4.69) is 15.4 Å². The summed E-state index contributed by atoms with van der Waals surface area (Å²) in [5, 5.41) is 5.79. The van der Waals surface area contributed by atoms with E-state index in [0.29, 0.717) is 6.47 Å². The van der Waals surface area contributed by atoms with Gasteiger partial charge in [-0.15, -0.1) is 0 Å². The molecule has 46 valence electrons. The Labute approximate surface area is 47.2 Å². The molecule has 1 fully saturated rings. The SMILES string of the molecule is O=COC1NCCN1. The first kappa shape index (κ1) is 5.53. The maximum absolute atomic E-state index is 9.66. The molecule has 0 atom stereocenters. The van der Waals surface area contributed by atoms with Crippen LogP contribution in [0.15, 0.2) is 0 Å². The van der Waals surface area contributed by atoms with Crippen molar-refractivity contribution in [2.45, 2.75) is 6.35 Å². The van der Waals surface area contributed by atoms with Crippen molar-refractivity contribution in [2.75, 3.05) is 13.1 Å². The summed E-state index contributed by atoms with van der Waals surface area (Å²) in [4.78, 5) is 9.66. The highest BCUT2D eigenvalue weighted by Crippen LogP contribution is 1.83. The number of hydrogen-bond acceptors (Lipinski definition) is 4. The van der Waals surface area contributed by atoms with Gasteiger partial charge in [-0.05, 0) is 0 Å². The lowest BCUT2D eigenvalue weighted by molar-refractivity contribution is -0.135. The van der Waals surface area contributed by atoms with Crippen LogP contribution in [0.3, 0.4) is 0 Å². The second kappa shape index (κ2) is 2.64. The molecule has 0 radical (unpaired) electrons. The third-order valence-electron chi connectivity index (χ3n) is 0.976. The monoisotopic (exact) mass is 116 g/mol. The standard InChI is InChI=1S/C4H8N2O2/c7-3-8-4-5-1-2-6-4/h3-6H,1-2H2. The van der Waals surface area contributed by atoms with Gasteiger partial charge in [0.15, 0.2) is 0 Å². The summed E-state index contributed by atoms with van der Waals surface area (Å²) in [7, 11) is 0. The molecule has 0 aromatic rings. The molecule has 0 bridgehead atoms. The Balaban J connectivity index is 2.14. The van der Waals surface area contributed by atoms with E-state index >= 15 is 0 Å². The summed E-state index contributed by atoms with van der Waals surface area (Å²) in [5.41, 5.74) is 0. The predicted molar refractivity (Wildman–Crippen MR) is 26.9 cm³/mol. The maximum Gasteiger partial charge on any atom is 0.295 e. The molecule has 0 saturated carbocycles. The van der Waals surface area contributed by atoms with Gasteiger partial charge in [0.2, 0.25) is 6.35 Å². The second-order valence-electron chi connectivity index (χ2n) is 1.52. The molecule has 1 heterocycles. The van der Waals surface area contributed by atoms with E-state index in [1.54, 1.807) is 0 Å². The molecule has 0 aliphatic carbocycles. The van der Waals surface area contributed by atoms with Gasteiger partial charge in [0.25, 0.3) is 6.47 Å². The van der Waals surface area contributed by atoms with E-state index in [0.717, 1.165) is 13.1 Å². The van der Waals surface area contributed by atoms with Crippen molar-refractivity contribution < 1.29 is 9.53 Å². The Kier molecular flexibility index (Phi) is 1.82. The van der Waals surface area contributed by atoms with Crippen LogP contribution in [0.5, 0.6) is 0 Å². The number of carbonyl (C=O) groups is 1. The van der Waals surface area contributed by atoms with E-state index in [4.69, 9.17) is 0 Å². The van der Waals surface area contributed by atoms with Gasteiger partial charge in [-0.2, -0.15) is 0 Å². The minimum atomic E-state index is -0.257. The van der Waals surface area contributed by atoms with Gasteiger partial charge in [0, 0.05) is 13.1 Å². The van der Waals surface area contributed by atoms with Crippen LogP contribution in [-0.2, 0) is 9.53 Å². The Morgan fingerprint density at radius 1 is 1.50 bits per heavy atom. The molecule has 8 heavy (non-hydrogen) atoms. The fraction of sp³-hybridized carbons (Fsp3) is 0.750. The van der Waals surface area contributed by atoms with Crippen LogP contribution in [0.4, 0.5) is 0 Å². The van der Waals surface area contributed by atoms with Crippen molar-refractivity contribution in [3.05, 3.63) is 0 Å². The predicted octanol–water partition coefficient (Wildman–Crippen LogP) is -1.36. The van der Waals surface area contributed by atoms with Crippen LogP contribution in [0.25, 0.3) is 0 Å². The van der Waals surface area contributed by atoms with Crippen LogP contribution < -0.4 is 10.6 Å². The van der Waals surface area contributed by atoms with E-state index in [-0.39, 0.29) is 6.35 Å². The molecule has 2 N–H and O–H groups in total. The van der Waals surface area contributed by atoms with Crippen LogP contribution in [-0.4, -0.2) is 25.9 Å². The minimum absolute atomic E-state index is 0.257. The van der Waals surface area contributed by atoms with E-state index in [9.17, 15) is 4.79 Å². The van der Waals surface area contributed by atoms with Gasteiger partial charge in [-0.1, -0.05) is 0 Å². The highest BCUT2D eigenvalue weighted by molar-refractivity contribution is 5.37. The van der Waals surface area contributed by atoms with Crippen molar-refractivity contribution in [2.24, 2.45) is 0 Å². The van der Waals surface area contributed by atoms with Crippen LogP contribution in [0.1, 0.15) is 0 Å². The molecule has 0 unspecified atom stereocenters. The number of hydrogen-bond donors (Lipinski definition) is 2. The molecule has 4 heteroatoms. The topological polar surface area (TPSA) is 50.4 Å². The first-order valence-corrected chi connectivity index (χ1v) is 2.49. The van der Waals surface area contributed by atoms with Crippen LogP contribution in [0.2, 0.25) is 0 Å². The number of carbonyl (C=O) groups excluding carboxylic acids is 1. The third kappa shape index (κ3) is 1.18. The Morgan fingerprint density at radius 3 is 2.62 bits per heavy atom. The van der Waals surface area contributed by atoms with Crippen molar-refractivity contribution in [3.8, 4) is 0 Å². The van der Waals surface area contributed by atoms with Gasteiger partial charge >= 0.3 is 0 Å². The van der Waals surface area contributed by atoms with Gasteiger partial charge in [-0.3, -0.25) is 15.4 Å². The zero-order valence-electron chi connectivity index (χ0n) is 4.39. The quantitative estimate of drug-likeness (QED) is 0.437. The Morgan fingerprint density at radius 2 is 2.12 bits per heavy atom. The van der Waals surface area contributed by atoms with Crippen LogP contribution >= 0.6 is 0 Å². The van der Waals surface area contributed by atoms with Crippen molar-refractivity contribution in [3.63, 3.8) is 0 Å². The molecule has 0 spiro atoms. The van der Waals surface area contributed by atoms with Crippen LogP contribution in [0, 0.1) is 0 Å². The summed E-state index contributed by atoms with van der Waals surface area (Å²) in [6.45, 7) is 2.15. The lowest BCUT2D eigenvalue weighted by Crippen LogP contribution is -2.33. The van der Waals surface area contributed by atoms with Crippen molar-refractivity contribution >= 4 is 6.47 Å². The normalized spacial score (nSPS) is 21.0. The zero-order chi connectivity index (χ0) is 5.82. The largest absolute Gasteiger partial charge is 0.435 e. The van der Waals surface area contributed by atoms with Crippen molar-refractivity contribution in [1.29, 1.82) is 0 Å². The number of rotatable bonds is 2. The van der Waals surface area contributed by atoms with Crippen molar-refractivity contribution in [1.82, 2.24) is 10.6 Å². The highest BCUT2D eigenvalue weighted by atomic mass is 16.6. The highest BCUT2D eigenvalue weighted by Gasteiger charge is 2.11. The summed E-state index contributed by atoms with van der Waals surface area (Å²) in [5.74, 6) is 0. The summed E-state index contributed by atoms with van der Waals surface area (Å²) < 4.78 is 4.50. The molecule has 1 rings (SSSR count). The molecule has 1 saturated heterocycles. The van der Waals surface area contributed by atoms with E-state index in [1.807, 2.05) is 0 Å². The number of ether oxygens (including phenoxy) is 1. The molecule has 1 aliphatic heterocycles. The van der Waals surface area contributed by atoms with Gasteiger partial charge in [-0.25, -0.2) is 0 Å². The fourth-order valence-corrected chi connectivity index (χ4v) is 0.630. The smallest absolute Gasteiger partial charge is 0.295 e. The zero-order valence-corrected chi connectivity index (χ0v) is 4.39. The summed E-state index contributed by atoms with van der Waals surface area (Å²) >= 11 is 0.